The molecule has 0 bridgehead atoms. The van der Waals surface area contributed by atoms with Crippen molar-refractivity contribution in [2.45, 2.75) is 13.0 Å². The predicted octanol–water partition coefficient (Wildman–Crippen LogP) is 1.18. The van der Waals surface area contributed by atoms with Crippen LogP contribution in [0, 0.1) is 0 Å². The quantitative estimate of drug-likeness (QED) is 0.547. The molecule has 0 saturated heterocycles. The van der Waals surface area contributed by atoms with Crippen molar-refractivity contribution in [2.75, 3.05) is 22.8 Å². The number of hydrogen-bond donors (Lipinski definition) is 3. The first-order valence-corrected chi connectivity index (χ1v) is 6.69. The third-order valence-corrected chi connectivity index (χ3v) is 3.16. The van der Waals surface area contributed by atoms with Crippen LogP contribution < -0.4 is 16.6 Å². The lowest BCUT2D eigenvalue weighted by Crippen LogP contribution is -2.20. The van der Waals surface area contributed by atoms with Crippen molar-refractivity contribution in [2.24, 2.45) is 5.84 Å². The van der Waals surface area contributed by atoms with Crippen molar-refractivity contribution < 1.29 is 0 Å². The molecule has 2 aromatic heterocycles. The highest BCUT2D eigenvalue weighted by Gasteiger charge is 2.09. The lowest BCUT2D eigenvalue weighted by Gasteiger charge is -2.14. The predicted molar refractivity (Wildman–Crippen MR) is 72.3 cm³/mol. The largest absolute Gasteiger partial charge is 0.364 e. The van der Waals surface area contributed by atoms with Crippen molar-refractivity contribution in [1.82, 2.24) is 14.4 Å². The van der Waals surface area contributed by atoms with E-state index in [-0.39, 0.29) is 0 Å². The van der Waals surface area contributed by atoms with Crippen molar-refractivity contribution in [1.29, 1.82) is 0 Å². The number of hydrogen-bond acceptors (Lipinski definition) is 6. The topological polar surface area (TPSA) is 80.3 Å². The van der Waals surface area contributed by atoms with Gasteiger partial charge >= 0.3 is 0 Å². The van der Waals surface area contributed by atoms with E-state index in [2.05, 4.69) is 33.9 Å². The number of nitrogens with zero attached hydrogens (tertiary/aromatic N) is 3. The highest BCUT2D eigenvalue weighted by Crippen LogP contribution is 2.17. The molecular formula is C10H16N6S. The van der Waals surface area contributed by atoms with E-state index in [1.807, 2.05) is 10.6 Å². The van der Waals surface area contributed by atoms with Gasteiger partial charge in [-0.25, -0.2) is 15.8 Å². The molecule has 0 aromatic carbocycles. The summed E-state index contributed by atoms with van der Waals surface area (Å²) in [6.45, 7) is 2.11. The summed E-state index contributed by atoms with van der Waals surface area (Å²) in [5.74, 6) is 7.75. The first-order valence-electron chi connectivity index (χ1n) is 5.30. The number of anilines is 2. The van der Waals surface area contributed by atoms with Crippen LogP contribution in [0.3, 0.4) is 0 Å². The number of hydrazine groups is 1. The minimum atomic E-state index is 0.325. The van der Waals surface area contributed by atoms with Gasteiger partial charge in [-0.1, -0.05) is 0 Å². The van der Waals surface area contributed by atoms with Crippen molar-refractivity contribution in [3.05, 3.63) is 18.6 Å². The second kappa shape index (κ2) is 5.24. The Morgan fingerprint density at radius 1 is 1.59 bits per heavy atom. The number of nitrogen functional groups attached to an aromatic ring is 1. The highest BCUT2D eigenvalue weighted by atomic mass is 32.2. The third-order valence-electron chi connectivity index (χ3n) is 2.32. The minimum absolute atomic E-state index is 0.325. The molecule has 1 unspecified atom stereocenters. The number of thioether (sulfide) groups is 1. The van der Waals surface area contributed by atoms with E-state index in [0.717, 1.165) is 17.2 Å². The standard InChI is InChI=1S/C10H16N6S/c1-7(6-17-2)13-9-10-12-3-4-16(10)5-8(14-9)15-11/h3-5,7,15H,6,11H2,1-2H3,(H,13,14). The average molecular weight is 252 g/mol. The molecule has 0 amide bonds. The molecule has 7 heteroatoms. The van der Waals surface area contributed by atoms with Gasteiger partial charge in [-0.2, -0.15) is 11.8 Å². The van der Waals surface area contributed by atoms with Crippen LogP contribution >= 0.6 is 11.8 Å². The Kier molecular flexibility index (Phi) is 3.70. The van der Waals surface area contributed by atoms with Crippen LogP contribution in [0.15, 0.2) is 18.6 Å². The molecule has 2 rings (SSSR count). The maximum atomic E-state index is 5.39. The number of rotatable bonds is 5. The van der Waals surface area contributed by atoms with Crippen molar-refractivity contribution in [3.8, 4) is 0 Å². The molecule has 0 spiro atoms. The van der Waals surface area contributed by atoms with Crippen LogP contribution in [0.2, 0.25) is 0 Å². The van der Waals surface area contributed by atoms with Crippen LogP contribution in [0.4, 0.5) is 11.6 Å². The van der Waals surface area contributed by atoms with Crippen LogP contribution in [0.5, 0.6) is 0 Å². The van der Waals surface area contributed by atoms with Crippen LogP contribution in [-0.4, -0.2) is 32.4 Å². The maximum absolute atomic E-state index is 5.39. The fourth-order valence-electron chi connectivity index (χ4n) is 1.62. The van der Waals surface area contributed by atoms with Crippen LogP contribution in [-0.2, 0) is 0 Å². The van der Waals surface area contributed by atoms with Gasteiger partial charge in [0, 0.05) is 24.2 Å². The molecule has 0 fully saturated rings. The molecule has 0 aliphatic carbocycles. The summed E-state index contributed by atoms with van der Waals surface area (Å²) in [6, 6.07) is 0.325. The Hall–Kier alpha value is -1.47. The molecule has 2 heterocycles. The lowest BCUT2D eigenvalue weighted by molar-refractivity contribution is 0.900. The van der Waals surface area contributed by atoms with Crippen molar-refractivity contribution in [3.63, 3.8) is 0 Å². The second-order valence-corrected chi connectivity index (χ2v) is 4.69. The van der Waals surface area contributed by atoms with Gasteiger partial charge in [-0.3, -0.25) is 0 Å². The van der Waals surface area contributed by atoms with Crippen LogP contribution in [0.1, 0.15) is 6.92 Å². The van der Waals surface area contributed by atoms with Gasteiger partial charge in [-0.05, 0) is 13.2 Å². The summed E-state index contributed by atoms with van der Waals surface area (Å²) in [4.78, 5) is 8.64. The molecule has 1 atom stereocenters. The number of nitrogens with two attached hydrogens (primary N) is 1. The van der Waals surface area contributed by atoms with E-state index in [9.17, 15) is 0 Å². The van der Waals surface area contributed by atoms with Crippen LogP contribution in [0.25, 0.3) is 5.65 Å². The normalized spacial score (nSPS) is 12.6. The fraction of sp³-hybridized carbons (Fsp3) is 0.400. The molecule has 2 aromatic rings. The summed E-state index contributed by atoms with van der Waals surface area (Å²) in [5, 5.41) is 3.34. The van der Waals surface area contributed by atoms with Gasteiger partial charge in [0.05, 0.1) is 6.20 Å². The summed E-state index contributed by atoms with van der Waals surface area (Å²) < 4.78 is 1.89. The number of fused-ring (bicyclic) bond motifs is 1. The Morgan fingerprint density at radius 3 is 3.12 bits per heavy atom. The van der Waals surface area contributed by atoms with E-state index in [0.29, 0.717) is 11.9 Å². The Morgan fingerprint density at radius 2 is 2.41 bits per heavy atom. The van der Waals surface area contributed by atoms with Crippen molar-refractivity contribution >= 4 is 29.0 Å². The lowest BCUT2D eigenvalue weighted by atomic mass is 10.4. The Balaban J connectivity index is 2.33. The zero-order valence-corrected chi connectivity index (χ0v) is 10.7. The van der Waals surface area contributed by atoms with E-state index in [1.165, 1.54) is 0 Å². The third kappa shape index (κ3) is 2.62. The molecule has 17 heavy (non-hydrogen) atoms. The molecule has 4 N–H and O–H groups in total. The first kappa shape index (κ1) is 12.0. The SMILES string of the molecule is CSCC(C)Nc1nc(NN)cn2ccnc12. The zero-order chi connectivity index (χ0) is 12.3. The number of aromatic nitrogens is 3. The summed E-state index contributed by atoms with van der Waals surface area (Å²) in [7, 11) is 0. The molecule has 0 saturated carbocycles. The molecule has 0 aliphatic heterocycles. The van der Waals surface area contributed by atoms with E-state index in [4.69, 9.17) is 5.84 Å². The summed E-state index contributed by atoms with van der Waals surface area (Å²) in [5.41, 5.74) is 3.35. The van der Waals surface area contributed by atoms with E-state index in [1.54, 1.807) is 24.2 Å². The average Bonchev–Trinajstić information content (AvgIpc) is 2.77. The van der Waals surface area contributed by atoms with Gasteiger partial charge in [0.2, 0.25) is 0 Å². The van der Waals surface area contributed by atoms with Gasteiger partial charge in [0.25, 0.3) is 0 Å². The monoisotopic (exact) mass is 252 g/mol. The summed E-state index contributed by atoms with van der Waals surface area (Å²) in [6.07, 6.45) is 7.48. The number of imidazole rings is 1. The molecule has 92 valence electrons. The molecule has 0 radical (unpaired) electrons. The Labute approximate surface area is 104 Å². The maximum Gasteiger partial charge on any atom is 0.180 e. The van der Waals surface area contributed by atoms with E-state index < -0.39 is 0 Å². The molecule has 6 nitrogen and oxygen atoms in total. The number of nitrogens with one attached hydrogen (secondary N) is 2. The van der Waals surface area contributed by atoms with Gasteiger partial charge in [0.1, 0.15) is 0 Å². The first-order chi connectivity index (χ1) is 8.24. The van der Waals surface area contributed by atoms with Gasteiger partial charge < -0.3 is 15.1 Å². The zero-order valence-electron chi connectivity index (χ0n) is 9.84. The Bertz CT molecular complexity index is 497. The fourth-order valence-corrected chi connectivity index (χ4v) is 2.21. The van der Waals surface area contributed by atoms with Gasteiger partial charge in [0.15, 0.2) is 17.3 Å². The smallest absolute Gasteiger partial charge is 0.180 e. The molecular weight excluding hydrogens is 236 g/mol. The summed E-state index contributed by atoms with van der Waals surface area (Å²) >= 11 is 1.79. The second-order valence-electron chi connectivity index (χ2n) is 3.78. The minimum Gasteiger partial charge on any atom is -0.364 e. The van der Waals surface area contributed by atoms with Gasteiger partial charge in [-0.15, -0.1) is 0 Å². The van der Waals surface area contributed by atoms with E-state index >= 15 is 0 Å². The highest BCUT2D eigenvalue weighted by molar-refractivity contribution is 7.98. The molecule has 0 aliphatic rings.